The van der Waals surface area contributed by atoms with E-state index in [-0.39, 0.29) is 18.2 Å². The minimum absolute atomic E-state index is 0.220. The normalized spacial score (nSPS) is 25.1. The summed E-state index contributed by atoms with van der Waals surface area (Å²) in [5, 5.41) is 0. The minimum Gasteiger partial charge on any atom is -0.371 e. The second-order valence-corrected chi connectivity index (χ2v) is 5.13. The molecule has 2 unspecified atom stereocenters. The van der Waals surface area contributed by atoms with Crippen LogP contribution in [0.2, 0.25) is 0 Å². The van der Waals surface area contributed by atoms with Gasteiger partial charge in [0.2, 0.25) is 17.8 Å². The molecular weight excluding hydrogens is 258 g/mol. The van der Waals surface area contributed by atoms with Gasteiger partial charge in [-0.05, 0) is 12.8 Å². The third-order valence-corrected chi connectivity index (χ3v) is 3.69. The van der Waals surface area contributed by atoms with Gasteiger partial charge in [0.1, 0.15) is 6.33 Å². The molecule has 2 N–H and O–H groups in total. The van der Waals surface area contributed by atoms with Crippen molar-refractivity contribution in [3.05, 3.63) is 18.7 Å². The van der Waals surface area contributed by atoms with Gasteiger partial charge in [-0.1, -0.05) is 0 Å². The Balaban J connectivity index is 1.68. The summed E-state index contributed by atoms with van der Waals surface area (Å²) in [7, 11) is 0. The Kier molecular flexibility index (Phi) is 2.56. The van der Waals surface area contributed by atoms with Crippen LogP contribution in [-0.4, -0.2) is 49.8 Å². The first kappa shape index (κ1) is 11.6. The fourth-order valence-electron chi connectivity index (χ4n) is 2.78. The molecule has 20 heavy (non-hydrogen) atoms. The van der Waals surface area contributed by atoms with Crippen LogP contribution < -0.4 is 10.6 Å². The van der Waals surface area contributed by atoms with Gasteiger partial charge in [0, 0.05) is 25.5 Å². The molecule has 2 aromatic heterocycles. The van der Waals surface area contributed by atoms with E-state index in [9.17, 15) is 0 Å². The number of hydrogen-bond acceptors (Lipinski definition) is 7. The molecule has 4 heterocycles. The number of rotatable bonds is 2. The van der Waals surface area contributed by atoms with E-state index in [1.54, 1.807) is 23.3 Å². The molecule has 104 valence electrons. The predicted octanol–water partition coefficient (Wildman–Crippen LogP) is 0.00710. The number of nitrogens with zero attached hydrogens (tertiary/aromatic N) is 6. The fraction of sp³-hybridized carbons (Fsp3) is 0.500. The SMILES string of the molecule is Nc1nc(N2CC3CCC(C2)O3)nc(-n2ccnc2)n1. The van der Waals surface area contributed by atoms with Crippen molar-refractivity contribution in [3.8, 4) is 5.95 Å². The number of nitrogens with two attached hydrogens (primary N) is 1. The second kappa shape index (κ2) is 4.41. The molecular formula is C12H15N7O. The monoisotopic (exact) mass is 273 g/mol. The number of hydrogen-bond donors (Lipinski definition) is 1. The van der Waals surface area contributed by atoms with Crippen molar-refractivity contribution in [2.24, 2.45) is 0 Å². The Labute approximate surface area is 115 Å². The number of imidazole rings is 1. The first-order valence-electron chi connectivity index (χ1n) is 6.68. The average Bonchev–Trinajstić information content (AvgIpc) is 3.08. The topological polar surface area (TPSA) is 95.0 Å². The molecule has 2 aromatic rings. The smallest absolute Gasteiger partial charge is 0.241 e. The lowest BCUT2D eigenvalue weighted by Crippen LogP contribution is -2.43. The van der Waals surface area contributed by atoms with E-state index < -0.39 is 0 Å². The highest BCUT2D eigenvalue weighted by molar-refractivity contribution is 5.39. The molecule has 2 bridgehead atoms. The van der Waals surface area contributed by atoms with E-state index in [0.29, 0.717) is 11.9 Å². The highest BCUT2D eigenvalue weighted by Crippen LogP contribution is 2.28. The van der Waals surface area contributed by atoms with Crippen molar-refractivity contribution in [2.75, 3.05) is 23.7 Å². The zero-order valence-electron chi connectivity index (χ0n) is 10.9. The Morgan fingerprint density at radius 3 is 2.55 bits per heavy atom. The Bertz CT molecular complexity index is 602. The van der Waals surface area contributed by atoms with Crippen LogP contribution in [0.1, 0.15) is 12.8 Å². The molecule has 8 nitrogen and oxygen atoms in total. The van der Waals surface area contributed by atoms with Crippen LogP contribution in [0.15, 0.2) is 18.7 Å². The molecule has 0 radical (unpaired) electrons. The maximum Gasteiger partial charge on any atom is 0.241 e. The summed E-state index contributed by atoms with van der Waals surface area (Å²) in [5.41, 5.74) is 5.80. The molecule has 0 saturated carbocycles. The Morgan fingerprint density at radius 1 is 1.10 bits per heavy atom. The van der Waals surface area contributed by atoms with Crippen LogP contribution in [-0.2, 0) is 4.74 Å². The number of nitrogen functional groups attached to an aromatic ring is 1. The van der Waals surface area contributed by atoms with Gasteiger partial charge in [-0.15, -0.1) is 0 Å². The zero-order valence-corrected chi connectivity index (χ0v) is 10.9. The van der Waals surface area contributed by atoms with Gasteiger partial charge >= 0.3 is 0 Å². The standard InChI is InChI=1S/C12H15N7O/c13-10-15-11(18-4-3-14-7-18)17-12(16-10)19-5-8-1-2-9(6-19)20-8/h3-4,7-9H,1-2,5-6H2,(H2,13,15,16,17). The van der Waals surface area contributed by atoms with Gasteiger partial charge in [-0.25, -0.2) is 4.98 Å². The summed E-state index contributed by atoms with van der Waals surface area (Å²) >= 11 is 0. The molecule has 2 aliphatic heterocycles. The second-order valence-electron chi connectivity index (χ2n) is 5.13. The summed E-state index contributed by atoms with van der Waals surface area (Å²) in [6, 6.07) is 0. The van der Waals surface area contributed by atoms with Crippen LogP contribution in [0.25, 0.3) is 5.95 Å². The molecule has 0 aliphatic carbocycles. The van der Waals surface area contributed by atoms with Crippen LogP contribution in [0.5, 0.6) is 0 Å². The third kappa shape index (κ3) is 1.97. The summed E-state index contributed by atoms with van der Waals surface area (Å²) in [5.74, 6) is 1.32. The molecule has 0 amide bonds. The largest absolute Gasteiger partial charge is 0.371 e. The highest BCUT2D eigenvalue weighted by atomic mass is 16.5. The van der Waals surface area contributed by atoms with Crippen molar-refractivity contribution in [3.63, 3.8) is 0 Å². The van der Waals surface area contributed by atoms with E-state index in [1.807, 2.05) is 0 Å². The van der Waals surface area contributed by atoms with Crippen LogP contribution in [0, 0.1) is 0 Å². The molecule has 0 spiro atoms. The van der Waals surface area contributed by atoms with E-state index in [0.717, 1.165) is 25.9 Å². The number of ether oxygens (including phenoxy) is 1. The van der Waals surface area contributed by atoms with Gasteiger partial charge in [0.05, 0.1) is 12.2 Å². The van der Waals surface area contributed by atoms with Gasteiger partial charge in [-0.3, -0.25) is 4.57 Å². The van der Waals surface area contributed by atoms with E-state index >= 15 is 0 Å². The maximum absolute atomic E-state index is 5.82. The summed E-state index contributed by atoms with van der Waals surface area (Å²) in [6.07, 6.45) is 7.87. The van der Waals surface area contributed by atoms with Gasteiger partial charge in [0.15, 0.2) is 0 Å². The summed E-state index contributed by atoms with van der Waals surface area (Å²) < 4.78 is 7.54. The lowest BCUT2D eigenvalue weighted by Gasteiger charge is -2.32. The first-order valence-corrected chi connectivity index (χ1v) is 6.68. The molecule has 2 saturated heterocycles. The predicted molar refractivity (Wildman–Crippen MR) is 71.5 cm³/mol. The molecule has 2 aliphatic rings. The van der Waals surface area contributed by atoms with Crippen molar-refractivity contribution in [1.82, 2.24) is 24.5 Å². The van der Waals surface area contributed by atoms with E-state index in [4.69, 9.17) is 10.5 Å². The van der Waals surface area contributed by atoms with Gasteiger partial charge in [0.25, 0.3) is 0 Å². The fourth-order valence-corrected chi connectivity index (χ4v) is 2.78. The van der Waals surface area contributed by atoms with Crippen LogP contribution >= 0.6 is 0 Å². The summed E-state index contributed by atoms with van der Waals surface area (Å²) in [6.45, 7) is 1.62. The van der Waals surface area contributed by atoms with Crippen LogP contribution in [0.3, 0.4) is 0 Å². The summed E-state index contributed by atoms with van der Waals surface area (Å²) in [4.78, 5) is 19.0. The maximum atomic E-state index is 5.82. The number of morpholine rings is 1. The van der Waals surface area contributed by atoms with Crippen molar-refractivity contribution in [1.29, 1.82) is 0 Å². The van der Waals surface area contributed by atoms with E-state index in [1.165, 1.54) is 0 Å². The van der Waals surface area contributed by atoms with Crippen LogP contribution in [0.4, 0.5) is 11.9 Å². The van der Waals surface area contributed by atoms with Crippen molar-refractivity contribution >= 4 is 11.9 Å². The molecule has 4 rings (SSSR count). The van der Waals surface area contributed by atoms with Gasteiger partial charge < -0.3 is 15.4 Å². The third-order valence-electron chi connectivity index (χ3n) is 3.69. The average molecular weight is 273 g/mol. The van der Waals surface area contributed by atoms with Gasteiger partial charge in [-0.2, -0.15) is 15.0 Å². The highest BCUT2D eigenvalue weighted by Gasteiger charge is 2.35. The quantitative estimate of drug-likeness (QED) is 0.823. The molecule has 8 heteroatoms. The molecule has 2 fully saturated rings. The Hall–Kier alpha value is -2.22. The minimum atomic E-state index is 0.220. The zero-order chi connectivity index (χ0) is 13.5. The number of fused-ring (bicyclic) bond motifs is 2. The van der Waals surface area contributed by atoms with Crippen molar-refractivity contribution < 1.29 is 4.74 Å². The lowest BCUT2D eigenvalue weighted by atomic mass is 10.2. The number of anilines is 2. The molecule has 0 aromatic carbocycles. The molecule has 2 atom stereocenters. The number of aromatic nitrogens is 5. The lowest BCUT2D eigenvalue weighted by molar-refractivity contribution is 0.0299. The first-order chi connectivity index (χ1) is 9.78. The van der Waals surface area contributed by atoms with E-state index in [2.05, 4.69) is 24.8 Å². The van der Waals surface area contributed by atoms with Crippen molar-refractivity contribution in [2.45, 2.75) is 25.0 Å². The Morgan fingerprint density at radius 2 is 1.85 bits per heavy atom.